The summed E-state index contributed by atoms with van der Waals surface area (Å²) < 4.78 is 5.68. The maximum atomic E-state index is 11.7. The Labute approximate surface area is 174 Å². The number of hydrogen-bond acceptors (Lipinski definition) is 6. The quantitative estimate of drug-likeness (QED) is 0.197. The predicted octanol–water partition coefficient (Wildman–Crippen LogP) is 3.06. The van der Waals surface area contributed by atoms with Gasteiger partial charge in [-0.1, -0.05) is 34.5 Å². The van der Waals surface area contributed by atoms with E-state index in [1.807, 2.05) is 6.08 Å². The molecule has 158 valence electrons. The molecule has 3 saturated carbocycles. The van der Waals surface area contributed by atoms with Crippen LogP contribution in [0.3, 0.4) is 0 Å². The zero-order valence-corrected chi connectivity index (χ0v) is 18.1. The fraction of sp³-hybridized carbons (Fsp3) is 0.857. The van der Waals surface area contributed by atoms with Gasteiger partial charge < -0.3 is 14.9 Å². The molecule has 28 heavy (non-hydrogen) atoms. The largest absolute Gasteiger partial charge is 0.461 e. The van der Waals surface area contributed by atoms with Crippen LogP contribution in [0.5, 0.6) is 0 Å². The van der Waals surface area contributed by atoms with Crippen molar-refractivity contribution in [3.05, 3.63) is 11.6 Å². The number of aliphatic hydroxyl groups excluding tert-OH is 2. The first kappa shape index (κ1) is 20.8. The summed E-state index contributed by atoms with van der Waals surface area (Å²) in [6, 6.07) is 0. The molecule has 0 heterocycles. The lowest BCUT2D eigenvalue weighted by Crippen LogP contribution is -2.57. The fourth-order valence-electron chi connectivity index (χ4n) is 7.10. The first-order valence-corrected chi connectivity index (χ1v) is 11.3. The van der Waals surface area contributed by atoms with Crippen LogP contribution in [-0.2, 0) is 14.4 Å². The molecule has 9 atom stereocenters. The number of rotatable bonds is 3. The summed E-state index contributed by atoms with van der Waals surface area (Å²) in [5.41, 5.74) is 0.657. The van der Waals surface area contributed by atoms with Crippen molar-refractivity contribution >= 4 is 21.9 Å². The molecule has 3 fully saturated rings. The highest BCUT2D eigenvalue weighted by molar-refractivity contribution is 9.09. The number of halogens is 1. The summed E-state index contributed by atoms with van der Waals surface area (Å²) in [7, 11) is 0. The van der Waals surface area contributed by atoms with E-state index in [0.717, 1.165) is 32.1 Å². The third-order valence-electron chi connectivity index (χ3n) is 8.45. The number of aliphatic hydroxyl groups is 2. The van der Waals surface area contributed by atoms with Gasteiger partial charge in [0, 0.05) is 12.3 Å². The molecule has 0 bridgehead atoms. The molecule has 0 aliphatic heterocycles. The molecule has 0 saturated heterocycles. The highest BCUT2D eigenvalue weighted by Crippen LogP contribution is 2.66. The lowest BCUT2D eigenvalue weighted by Gasteiger charge is -2.59. The van der Waals surface area contributed by atoms with Gasteiger partial charge in [0.05, 0.1) is 23.6 Å². The third kappa shape index (κ3) is 2.92. The van der Waals surface area contributed by atoms with E-state index in [2.05, 4.69) is 27.7 Å². The molecule has 4 rings (SSSR count). The number of fused-ring (bicyclic) bond motifs is 5. The second kappa shape index (κ2) is 7.34. The van der Waals surface area contributed by atoms with Gasteiger partial charge in [-0.2, -0.15) is 0 Å². The highest BCUT2D eigenvalue weighted by Gasteiger charge is 2.65. The second-order valence-electron chi connectivity index (χ2n) is 9.57. The van der Waals surface area contributed by atoms with Crippen molar-refractivity contribution in [2.75, 3.05) is 6.61 Å². The van der Waals surface area contributed by atoms with Crippen LogP contribution in [0, 0.1) is 28.6 Å². The third-order valence-corrected chi connectivity index (χ3v) is 9.30. The summed E-state index contributed by atoms with van der Waals surface area (Å²) in [6.45, 7) is 3.66. The lowest BCUT2D eigenvalue weighted by atomic mass is 9.47. The Kier molecular flexibility index (Phi) is 5.45. The van der Waals surface area contributed by atoms with Gasteiger partial charge in [0.25, 0.3) is 0 Å². The van der Waals surface area contributed by atoms with Crippen LogP contribution >= 0.6 is 15.9 Å². The average molecular weight is 459 g/mol. The van der Waals surface area contributed by atoms with Gasteiger partial charge in [0.15, 0.2) is 0 Å². The molecule has 7 heteroatoms. The topological polar surface area (TPSA) is 96.2 Å². The van der Waals surface area contributed by atoms with Crippen LogP contribution in [-0.4, -0.2) is 51.2 Å². The molecule has 0 amide bonds. The van der Waals surface area contributed by atoms with E-state index in [1.54, 1.807) is 0 Å². The zero-order valence-electron chi connectivity index (χ0n) is 16.5. The van der Waals surface area contributed by atoms with E-state index >= 15 is 0 Å². The molecule has 0 aromatic carbocycles. The number of carbonyl (C=O) groups is 1. The first-order chi connectivity index (χ1) is 13.3. The molecule has 6 nitrogen and oxygen atoms in total. The van der Waals surface area contributed by atoms with E-state index < -0.39 is 11.5 Å². The van der Waals surface area contributed by atoms with E-state index in [9.17, 15) is 15.0 Å². The molecular formula is C21H31BrO6. The highest BCUT2D eigenvalue weighted by atomic mass is 79.9. The van der Waals surface area contributed by atoms with Crippen LogP contribution < -0.4 is 0 Å². The minimum Gasteiger partial charge on any atom is -0.461 e. The summed E-state index contributed by atoms with van der Waals surface area (Å²) in [4.78, 5) is 16.3. The van der Waals surface area contributed by atoms with E-state index in [-0.39, 0.29) is 46.9 Å². The van der Waals surface area contributed by atoms with Gasteiger partial charge in [0.1, 0.15) is 6.10 Å². The summed E-state index contributed by atoms with van der Waals surface area (Å²) >= 11 is 3.71. The Morgan fingerprint density at radius 1 is 1.32 bits per heavy atom. The molecule has 0 spiro atoms. The number of ether oxygens (including phenoxy) is 1. The number of esters is 1. The predicted molar refractivity (Wildman–Crippen MR) is 106 cm³/mol. The van der Waals surface area contributed by atoms with E-state index in [1.165, 1.54) is 12.5 Å². The van der Waals surface area contributed by atoms with Crippen molar-refractivity contribution in [3.8, 4) is 0 Å². The minimum atomic E-state index is -0.600. The molecular weight excluding hydrogens is 428 g/mol. The number of alkyl halides is 1. The molecule has 3 unspecified atom stereocenters. The smallest absolute Gasteiger partial charge is 0.302 e. The van der Waals surface area contributed by atoms with Gasteiger partial charge in [-0.25, -0.2) is 4.89 Å². The van der Waals surface area contributed by atoms with Gasteiger partial charge in [0.2, 0.25) is 0 Å². The Hall–Kier alpha value is -0.470. The molecule has 0 radical (unpaired) electrons. The normalized spacial score (nSPS) is 50.2. The number of carbonyl (C=O) groups excluding carboxylic acids is 1. The SMILES string of the molecule is CC(=O)O[C@H]1[C@H](Br)CC2C3C(CC[C@@]21CO)[C@@]1(C)CC[C@H](OO)CC1=C[C@@H]3O. The lowest BCUT2D eigenvalue weighted by molar-refractivity contribution is -0.284. The average Bonchev–Trinajstić information content (AvgIpc) is 2.94. The Bertz CT molecular complexity index is 667. The zero-order chi connectivity index (χ0) is 20.3. The van der Waals surface area contributed by atoms with Crippen molar-refractivity contribution in [1.29, 1.82) is 0 Å². The first-order valence-electron chi connectivity index (χ1n) is 10.4. The molecule has 4 aliphatic carbocycles. The van der Waals surface area contributed by atoms with E-state index in [0.29, 0.717) is 12.3 Å². The van der Waals surface area contributed by atoms with Crippen molar-refractivity contribution < 1.29 is 29.9 Å². The van der Waals surface area contributed by atoms with E-state index in [4.69, 9.17) is 9.99 Å². The molecule has 3 N–H and O–H groups in total. The maximum Gasteiger partial charge on any atom is 0.302 e. The van der Waals surface area contributed by atoms with Crippen LogP contribution in [0.1, 0.15) is 52.4 Å². The summed E-state index contributed by atoms with van der Waals surface area (Å²) in [5.74, 6) is 0.0941. The molecule has 0 aromatic rings. The van der Waals surface area contributed by atoms with Crippen molar-refractivity contribution in [1.82, 2.24) is 0 Å². The molecule has 0 aromatic heterocycles. The standard InChI is InChI=1S/C21H31BrO6/c1-11(24)27-19-16(22)9-15-18-14(4-6-21(15,19)10-23)20(2)5-3-13(28-26)7-12(20)8-17(18)25/h8,13-19,23,25-26H,3-7,9-10H2,1-2H3/t13-,14?,15?,16+,17-,18?,19-,20-,21+/m0/s1. The summed E-state index contributed by atoms with van der Waals surface area (Å²) in [5, 5.41) is 30.7. The van der Waals surface area contributed by atoms with Crippen LogP contribution in [0.4, 0.5) is 0 Å². The monoisotopic (exact) mass is 458 g/mol. The van der Waals surface area contributed by atoms with Gasteiger partial charge >= 0.3 is 5.97 Å². The Morgan fingerprint density at radius 2 is 2.07 bits per heavy atom. The van der Waals surface area contributed by atoms with Crippen molar-refractivity contribution in [3.63, 3.8) is 0 Å². The van der Waals surface area contributed by atoms with Crippen molar-refractivity contribution in [2.24, 2.45) is 28.6 Å². The number of hydrogen-bond donors (Lipinski definition) is 3. The van der Waals surface area contributed by atoms with Crippen LogP contribution in [0.25, 0.3) is 0 Å². The Balaban J connectivity index is 1.70. The van der Waals surface area contributed by atoms with Crippen LogP contribution in [0.15, 0.2) is 11.6 Å². The second-order valence-corrected chi connectivity index (χ2v) is 10.7. The van der Waals surface area contributed by atoms with Gasteiger partial charge in [-0.05, 0) is 61.7 Å². The summed E-state index contributed by atoms with van der Waals surface area (Å²) in [6.07, 6.45) is 5.62. The Morgan fingerprint density at radius 3 is 2.71 bits per heavy atom. The minimum absolute atomic E-state index is 0.0174. The van der Waals surface area contributed by atoms with Gasteiger partial charge in [-0.15, -0.1) is 0 Å². The maximum absolute atomic E-state index is 11.7. The fourth-order valence-corrected chi connectivity index (χ4v) is 8.14. The van der Waals surface area contributed by atoms with Crippen molar-refractivity contribution in [2.45, 2.75) is 75.5 Å². The van der Waals surface area contributed by atoms with Crippen LogP contribution in [0.2, 0.25) is 0 Å². The molecule has 4 aliphatic rings. The van der Waals surface area contributed by atoms with Gasteiger partial charge in [-0.3, -0.25) is 10.1 Å².